The zero-order valence-corrected chi connectivity index (χ0v) is 11.0. The molecule has 0 unspecified atom stereocenters. The first-order valence-corrected chi connectivity index (χ1v) is 6.08. The van der Waals surface area contributed by atoms with E-state index in [0.29, 0.717) is 6.54 Å². The molecule has 0 atom stereocenters. The van der Waals surface area contributed by atoms with Gasteiger partial charge in [-0.25, -0.2) is 0 Å². The van der Waals surface area contributed by atoms with Gasteiger partial charge in [-0.1, -0.05) is 15.9 Å². The molecule has 0 aliphatic carbocycles. The van der Waals surface area contributed by atoms with Crippen LogP contribution >= 0.6 is 15.9 Å². The maximum absolute atomic E-state index is 9.13. The second-order valence-electron chi connectivity index (χ2n) is 3.82. The van der Waals surface area contributed by atoms with Crippen LogP contribution in [0.1, 0.15) is 11.3 Å². The van der Waals surface area contributed by atoms with Gasteiger partial charge in [-0.3, -0.25) is 4.98 Å². The Balaban J connectivity index is 2.04. The molecule has 2 N–H and O–H groups in total. The number of pyridine rings is 1. The van der Waals surface area contributed by atoms with Gasteiger partial charge in [0.2, 0.25) is 0 Å². The molecule has 0 amide bonds. The third kappa shape index (κ3) is 3.20. The average molecular weight is 293 g/mol. The van der Waals surface area contributed by atoms with Crippen LogP contribution in [0.25, 0.3) is 0 Å². The maximum atomic E-state index is 9.13. The van der Waals surface area contributed by atoms with E-state index in [4.69, 9.17) is 5.11 Å². The smallest absolute Gasteiger partial charge is 0.133 e. The van der Waals surface area contributed by atoms with Gasteiger partial charge < -0.3 is 10.4 Å². The van der Waals surface area contributed by atoms with Crippen molar-refractivity contribution in [3.63, 3.8) is 0 Å². The van der Waals surface area contributed by atoms with Crippen LogP contribution in [0.15, 0.2) is 41.0 Å². The number of hydrogen-bond acceptors (Lipinski definition) is 3. The summed E-state index contributed by atoms with van der Waals surface area (Å²) in [7, 11) is 0. The lowest BCUT2D eigenvalue weighted by Gasteiger charge is -2.09. The van der Waals surface area contributed by atoms with Crippen molar-refractivity contribution in [1.29, 1.82) is 0 Å². The van der Waals surface area contributed by atoms with Crippen LogP contribution in [0.5, 0.6) is 5.75 Å². The molecule has 17 heavy (non-hydrogen) atoms. The van der Waals surface area contributed by atoms with Gasteiger partial charge in [0.1, 0.15) is 5.75 Å². The third-order valence-electron chi connectivity index (χ3n) is 2.46. The first kappa shape index (κ1) is 11.9. The number of rotatable bonds is 3. The van der Waals surface area contributed by atoms with Crippen LogP contribution in [0.2, 0.25) is 0 Å². The predicted octanol–water partition coefficient (Wildman–Crippen LogP) is 3.47. The fraction of sp³-hybridized carbons (Fsp3) is 0.154. The van der Waals surface area contributed by atoms with E-state index >= 15 is 0 Å². The number of anilines is 1. The van der Waals surface area contributed by atoms with Crippen LogP contribution in [0, 0.1) is 6.92 Å². The molecule has 0 spiro atoms. The van der Waals surface area contributed by atoms with Crippen LogP contribution in [-0.4, -0.2) is 10.1 Å². The maximum Gasteiger partial charge on any atom is 0.133 e. The second kappa shape index (κ2) is 5.19. The minimum atomic E-state index is 0.188. The highest BCUT2D eigenvalue weighted by atomic mass is 79.9. The zero-order valence-electron chi connectivity index (χ0n) is 9.44. The van der Waals surface area contributed by atoms with Crippen molar-refractivity contribution in [3.8, 4) is 5.75 Å². The fourth-order valence-corrected chi connectivity index (χ4v) is 2.01. The molecule has 2 rings (SSSR count). The number of nitrogens with zero attached hydrogens (tertiary/aromatic N) is 1. The van der Waals surface area contributed by atoms with Gasteiger partial charge in [0.25, 0.3) is 0 Å². The Morgan fingerprint density at radius 1 is 1.29 bits per heavy atom. The van der Waals surface area contributed by atoms with E-state index in [9.17, 15) is 0 Å². The zero-order chi connectivity index (χ0) is 12.3. The number of halogens is 1. The molecule has 4 heteroatoms. The van der Waals surface area contributed by atoms with Gasteiger partial charge >= 0.3 is 0 Å². The first-order chi connectivity index (χ1) is 8.15. The summed E-state index contributed by atoms with van der Waals surface area (Å²) in [6.07, 6.45) is 1.45. The quantitative estimate of drug-likeness (QED) is 0.910. The summed E-state index contributed by atoms with van der Waals surface area (Å²) in [5.74, 6) is 0.188. The molecule has 0 aliphatic heterocycles. The summed E-state index contributed by atoms with van der Waals surface area (Å²) in [5, 5.41) is 12.4. The Bertz CT molecular complexity index is 511. The summed E-state index contributed by atoms with van der Waals surface area (Å²) in [5.41, 5.74) is 3.16. The molecular formula is C13H13BrN2O. The highest BCUT2D eigenvalue weighted by Gasteiger charge is 1.99. The van der Waals surface area contributed by atoms with Crippen molar-refractivity contribution >= 4 is 21.6 Å². The fourth-order valence-electron chi connectivity index (χ4n) is 1.53. The third-order valence-corrected chi connectivity index (χ3v) is 2.95. The molecular weight excluding hydrogens is 280 g/mol. The summed E-state index contributed by atoms with van der Waals surface area (Å²) in [6.45, 7) is 2.69. The number of aryl methyl sites for hydroxylation is 1. The van der Waals surface area contributed by atoms with Crippen molar-refractivity contribution in [2.75, 3.05) is 5.32 Å². The Labute approximate surface area is 109 Å². The predicted molar refractivity (Wildman–Crippen MR) is 72.1 cm³/mol. The average Bonchev–Trinajstić information content (AvgIpc) is 2.30. The molecule has 0 aliphatic rings. The largest absolute Gasteiger partial charge is 0.506 e. The minimum Gasteiger partial charge on any atom is -0.506 e. The standard InChI is InChI=1S/C13H13BrN2O/c1-9-6-10(14)2-5-13(9)16-7-11-3-4-12(17)8-15-11/h2-6,8,16-17H,7H2,1H3. The Kier molecular flexibility index (Phi) is 3.64. The number of aromatic nitrogens is 1. The highest BCUT2D eigenvalue weighted by molar-refractivity contribution is 9.10. The van der Waals surface area contributed by atoms with E-state index in [-0.39, 0.29) is 5.75 Å². The van der Waals surface area contributed by atoms with Crippen LogP contribution < -0.4 is 5.32 Å². The van der Waals surface area contributed by atoms with Crippen molar-refractivity contribution in [2.24, 2.45) is 0 Å². The molecule has 88 valence electrons. The van der Waals surface area contributed by atoms with E-state index in [2.05, 4.69) is 39.2 Å². The van der Waals surface area contributed by atoms with Crippen molar-refractivity contribution in [1.82, 2.24) is 4.98 Å². The summed E-state index contributed by atoms with van der Waals surface area (Å²) in [6, 6.07) is 9.53. The van der Waals surface area contributed by atoms with Crippen molar-refractivity contribution in [3.05, 3.63) is 52.3 Å². The lowest BCUT2D eigenvalue weighted by Crippen LogP contribution is -2.02. The lowest BCUT2D eigenvalue weighted by atomic mass is 10.2. The van der Waals surface area contributed by atoms with Gasteiger partial charge in [0.05, 0.1) is 18.4 Å². The molecule has 1 aromatic heterocycles. The lowest BCUT2D eigenvalue weighted by molar-refractivity contribution is 0.472. The van der Waals surface area contributed by atoms with E-state index in [0.717, 1.165) is 15.9 Å². The number of benzene rings is 1. The Hall–Kier alpha value is -1.55. The van der Waals surface area contributed by atoms with Crippen LogP contribution in [0.3, 0.4) is 0 Å². The second-order valence-corrected chi connectivity index (χ2v) is 4.74. The number of aromatic hydroxyl groups is 1. The van der Waals surface area contributed by atoms with Gasteiger partial charge in [0, 0.05) is 10.2 Å². The van der Waals surface area contributed by atoms with E-state index in [1.54, 1.807) is 12.1 Å². The van der Waals surface area contributed by atoms with Crippen molar-refractivity contribution < 1.29 is 5.11 Å². The topological polar surface area (TPSA) is 45.1 Å². The van der Waals surface area contributed by atoms with Gasteiger partial charge in [-0.05, 0) is 42.8 Å². The van der Waals surface area contributed by atoms with Gasteiger partial charge in [-0.15, -0.1) is 0 Å². The normalized spacial score (nSPS) is 10.2. The van der Waals surface area contributed by atoms with Gasteiger partial charge in [-0.2, -0.15) is 0 Å². The van der Waals surface area contributed by atoms with E-state index < -0.39 is 0 Å². The number of hydrogen-bond donors (Lipinski definition) is 2. The van der Waals surface area contributed by atoms with Crippen LogP contribution in [-0.2, 0) is 6.54 Å². The van der Waals surface area contributed by atoms with Crippen LogP contribution in [0.4, 0.5) is 5.69 Å². The van der Waals surface area contributed by atoms with E-state index in [1.807, 2.05) is 12.1 Å². The summed E-state index contributed by atoms with van der Waals surface area (Å²) < 4.78 is 1.07. The molecule has 0 radical (unpaired) electrons. The molecule has 0 fully saturated rings. The first-order valence-electron chi connectivity index (χ1n) is 5.29. The highest BCUT2D eigenvalue weighted by Crippen LogP contribution is 2.20. The molecule has 1 heterocycles. The SMILES string of the molecule is Cc1cc(Br)ccc1NCc1ccc(O)cn1. The minimum absolute atomic E-state index is 0.188. The molecule has 0 saturated heterocycles. The van der Waals surface area contributed by atoms with Gasteiger partial charge in [0.15, 0.2) is 0 Å². The number of nitrogens with one attached hydrogen (secondary N) is 1. The van der Waals surface area contributed by atoms with Crippen molar-refractivity contribution in [2.45, 2.75) is 13.5 Å². The Morgan fingerprint density at radius 2 is 2.12 bits per heavy atom. The summed E-state index contributed by atoms with van der Waals surface area (Å²) in [4.78, 5) is 4.12. The molecule has 1 aromatic carbocycles. The molecule has 2 aromatic rings. The summed E-state index contributed by atoms with van der Waals surface area (Å²) >= 11 is 3.43. The monoisotopic (exact) mass is 292 g/mol. The Morgan fingerprint density at radius 3 is 2.76 bits per heavy atom. The molecule has 0 bridgehead atoms. The van der Waals surface area contributed by atoms with E-state index in [1.165, 1.54) is 11.8 Å². The molecule has 3 nitrogen and oxygen atoms in total. The molecule has 0 saturated carbocycles.